The summed E-state index contributed by atoms with van der Waals surface area (Å²) in [6.07, 6.45) is 4.39. The number of halogens is 1. The smallest absolute Gasteiger partial charge is 0.248 e. The highest BCUT2D eigenvalue weighted by atomic mass is 35.5. The molecule has 1 saturated heterocycles. The fraction of sp³-hybridized carbons (Fsp3) is 0.286. The fourth-order valence-electron chi connectivity index (χ4n) is 1.92. The van der Waals surface area contributed by atoms with Crippen LogP contribution in [0, 0.1) is 18.4 Å². The van der Waals surface area contributed by atoms with E-state index in [1.807, 2.05) is 19.1 Å². The van der Waals surface area contributed by atoms with E-state index in [0.717, 1.165) is 17.6 Å². The molecule has 1 N–H and O–H groups in total. The Morgan fingerprint density at radius 3 is 3.00 bits per heavy atom. The highest BCUT2D eigenvalue weighted by molar-refractivity contribution is 6.31. The molecule has 4 nitrogen and oxygen atoms in total. The largest absolute Gasteiger partial charge is 0.322 e. The molecular weight excluding hydrogens is 262 g/mol. The SMILES string of the molecule is Cc1ccc(NC(=O)C=C2CCN(C#N)C2)cc1Cl. The molecule has 0 saturated carbocycles. The average molecular weight is 276 g/mol. The lowest BCUT2D eigenvalue weighted by molar-refractivity contribution is -0.112. The molecule has 1 aromatic carbocycles. The Hall–Kier alpha value is -1.99. The van der Waals surface area contributed by atoms with Crippen molar-refractivity contribution in [1.29, 1.82) is 5.26 Å². The Kier molecular flexibility index (Phi) is 4.08. The first-order valence-electron chi connectivity index (χ1n) is 6.00. The zero-order valence-electron chi connectivity index (χ0n) is 10.6. The van der Waals surface area contributed by atoms with Crippen molar-refractivity contribution in [3.05, 3.63) is 40.4 Å². The summed E-state index contributed by atoms with van der Waals surface area (Å²) in [7, 11) is 0. The third-order valence-corrected chi connectivity index (χ3v) is 3.42. The van der Waals surface area contributed by atoms with Crippen LogP contribution in [-0.4, -0.2) is 23.9 Å². The van der Waals surface area contributed by atoms with Crippen molar-refractivity contribution in [1.82, 2.24) is 4.90 Å². The molecule has 1 aromatic rings. The van der Waals surface area contributed by atoms with Crippen LogP contribution in [0.1, 0.15) is 12.0 Å². The Morgan fingerprint density at radius 1 is 1.58 bits per heavy atom. The summed E-state index contributed by atoms with van der Waals surface area (Å²) in [6.45, 7) is 3.13. The van der Waals surface area contributed by atoms with Gasteiger partial charge in [0.2, 0.25) is 5.91 Å². The first kappa shape index (κ1) is 13.4. The molecule has 1 amide bonds. The molecule has 0 unspecified atom stereocenters. The van der Waals surface area contributed by atoms with Crippen LogP contribution >= 0.6 is 11.6 Å². The lowest BCUT2D eigenvalue weighted by atomic mass is 10.2. The monoisotopic (exact) mass is 275 g/mol. The minimum Gasteiger partial charge on any atom is -0.322 e. The van der Waals surface area contributed by atoms with E-state index in [9.17, 15) is 4.79 Å². The number of nitriles is 1. The molecule has 1 fully saturated rings. The summed E-state index contributed by atoms with van der Waals surface area (Å²) in [5, 5.41) is 12.1. The predicted octanol–water partition coefficient (Wildman–Crippen LogP) is 2.70. The van der Waals surface area contributed by atoms with Gasteiger partial charge in [0.1, 0.15) is 0 Å². The van der Waals surface area contributed by atoms with E-state index >= 15 is 0 Å². The molecule has 5 heteroatoms. The van der Waals surface area contributed by atoms with Gasteiger partial charge in [-0.3, -0.25) is 4.79 Å². The summed E-state index contributed by atoms with van der Waals surface area (Å²) in [5.74, 6) is -0.185. The van der Waals surface area contributed by atoms with Crippen molar-refractivity contribution in [2.75, 3.05) is 18.4 Å². The Bertz CT molecular complexity index is 575. The van der Waals surface area contributed by atoms with Crippen molar-refractivity contribution in [2.24, 2.45) is 0 Å². The molecule has 98 valence electrons. The third kappa shape index (κ3) is 3.49. The van der Waals surface area contributed by atoms with Crippen LogP contribution in [0.25, 0.3) is 0 Å². The van der Waals surface area contributed by atoms with Crippen molar-refractivity contribution >= 4 is 23.2 Å². The van der Waals surface area contributed by atoms with Gasteiger partial charge in [-0.15, -0.1) is 0 Å². The highest BCUT2D eigenvalue weighted by Gasteiger charge is 2.15. The molecule has 2 rings (SSSR count). The molecule has 1 aliphatic rings. The number of nitrogens with zero attached hydrogens (tertiary/aromatic N) is 2. The van der Waals surface area contributed by atoms with Crippen molar-refractivity contribution < 1.29 is 4.79 Å². The molecule has 0 atom stereocenters. The number of nitrogens with one attached hydrogen (secondary N) is 1. The highest BCUT2D eigenvalue weighted by Crippen LogP contribution is 2.20. The number of hydrogen-bond donors (Lipinski definition) is 1. The molecule has 1 aliphatic heterocycles. The number of rotatable bonds is 2. The van der Waals surface area contributed by atoms with E-state index in [1.54, 1.807) is 17.0 Å². The number of likely N-dealkylation sites (tertiary alicyclic amines) is 1. The maximum Gasteiger partial charge on any atom is 0.248 e. The summed E-state index contributed by atoms with van der Waals surface area (Å²) in [5.41, 5.74) is 2.61. The molecule has 0 spiro atoms. The molecule has 19 heavy (non-hydrogen) atoms. The molecule has 0 radical (unpaired) electrons. The number of benzene rings is 1. The summed E-state index contributed by atoms with van der Waals surface area (Å²) >= 11 is 6.00. The van der Waals surface area contributed by atoms with Crippen molar-refractivity contribution in [3.8, 4) is 6.19 Å². The van der Waals surface area contributed by atoms with Gasteiger partial charge in [0.25, 0.3) is 0 Å². The van der Waals surface area contributed by atoms with Crippen LogP contribution in [0.2, 0.25) is 5.02 Å². The van der Waals surface area contributed by atoms with Gasteiger partial charge in [-0.25, -0.2) is 0 Å². The molecular formula is C14H14ClN3O. The van der Waals surface area contributed by atoms with Gasteiger partial charge in [-0.2, -0.15) is 5.26 Å². The Labute approximate surface area is 117 Å². The number of aryl methyl sites for hydroxylation is 1. The van der Waals surface area contributed by atoms with E-state index < -0.39 is 0 Å². The van der Waals surface area contributed by atoms with Crippen LogP contribution in [0.4, 0.5) is 5.69 Å². The first-order chi connectivity index (χ1) is 9.08. The number of amides is 1. The van der Waals surface area contributed by atoms with Crippen molar-refractivity contribution in [3.63, 3.8) is 0 Å². The zero-order chi connectivity index (χ0) is 13.8. The van der Waals surface area contributed by atoms with Gasteiger partial charge >= 0.3 is 0 Å². The minimum absolute atomic E-state index is 0.185. The Morgan fingerprint density at radius 2 is 2.37 bits per heavy atom. The predicted molar refractivity (Wildman–Crippen MR) is 74.7 cm³/mol. The van der Waals surface area contributed by atoms with Gasteiger partial charge < -0.3 is 10.2 Å². The normalized spacial score (nSPS) is 16.5. The van der Waals surface area contributed by atoms with Gasteiger partial charge in [0.05, 0.1) is 0 Å². The van der Waals surface area contributed by atoms with Crippen molar-refractivity contribution in [2.45, 2.75) is 13.3 Å². The number of carbonyl (C=O) groups is 1. The second-order valence-electron chi connectivity index (χ2n) is 4.53. The fourth-order valence-corrected chi connectivity index (χ4v) is 2.10. The van der Waals surface area contributed by atoms with E-state index in [2.05, 4.69) is 11.5 Å². The van der Waals surface area contributed by atoms with Gasteiger partial charge in [0.15, 0.2) is 6.19 Å². The number of carbonyl (C=O) groups excluding carboxylic acids is 1. The summed E-state index contributed by atoms with van der Waals surface area (Å²) in [4.78, 5) is 13.5. The van der Waals surface area contributed by atoms with Crippen LogP contribution in [0.15, 0.2) is 29.8 Å². The minimum atomic E-state index is -0.185. The Balaban J connectivity index is 2.00. The van der Waals surface area contributed by atoms with E-state index in [4.69, 9.17) is 16.9 Å². The lowest BCUT2D eigenvalue weighted by Crippen LogP contribution is -2.12. The third-order valence-electron chi connectivity index (χ3n) is 3.01. The second-order valence-corrected chi connectivity index (χ2v) is 4.93. The molecule has 0 aliphatic carbocycles. The summed E-state index contributed by atoms with van der Waals surface area (Å²) < 4.78 is 0. The number of hydrogen-bond acceptors (Lipinski definition) is 3. The second kappa shape index (κ2) is 5.77. The quantitative estimate of drug-likeness (QED) is 0.667. The molecule has 0 aromatic heterocycles. The average Bonchev–Trinajstić information content (AvgIpc) is 2.81. The van der Waals surface area contributed by atoms with E-state index in [-0.39, 0.29) is 5.91 Å². The van der Waals surface area contributed by atoms with Gasteiger partial charge in [-0.1, -0.05) is 17.7 Å². The maximum atomic E-state index is 11.8. The zero-order valence-corrected chi connectivity index (χ0v) is 11.4. The number of anilines is 1. The van der Waals surface area contributed by atoms with E-state index in [0.29, 0.717) is 23.8 Å². The first-order valence-corrected chi connectivity index (χ1v) is 6.37. The maximum absolute atomic E-state index is 11.8. The molecule has 1 heterocycles. The van der Waals surface area contributed by atoms with Crippen LogP contribution < -0.4 is 5.32 Å². The van der Waals surface area contributed by atoms with Gasteiger partial charge in [0, 0.05) is 29.9 Å². The van der Waals surface area contributed by atoms with E-state index in [1.165, 1.54) is 0 Å². The van der Waals surface area contributed by atoms with Crippen LogP contribution in [0.5, 0.6) is 0 Å². The van der Waals surface area contributed by atoms with Gasteiger partial charge in [-0.05, 0) is 36.6 Å². The topological polar surface area (TPSA) is 56.1 Å². The van der Waals surface area contributed by atoms with Crippen LogP contribution in [-0.2, 0) is 4.79 Å². The van der Waals surface area contributed by atoms with Crippen LogP contribution in [0.3, 0.4) is 0 Å². The molecule has 0 bridgehead atoms. The lowest BCUT2D eigenvalue weighted by Gasteiger charge is -2.05. The standard InChI is InChI=1S/C14H14ClN3O/c1-10-2-3-12(7-13(10)15)17-14(19)6-11-4-5-18(8-11)9-16/h2-3,6-7H,4-5,8H2,1H3,(H,17,19). The summed E-state index contributed by atoms with van der Waals surface area (Å²) in [6, 6.07) is 5.40.